The molecule has 3 fully saturated rings. The Labute approximate surface area is 206 Å². The van der Waals surface area contributed by atoms with Crippen LogP contribution in [0.25, 0.3) is 11.4 Å². The molecule has 1 aliphatic carbocycles. The Bertz CT molecular complexity index is 1070. The normalized spacial score (nSPS) is 29.1. The van der Waals surface area contributed by atoms with E-state index in [9.17, 15) is 9.59 Å². The first-order valence-electron chi connectivity index (χ1n) is 12.8. The molecule has 9 nitrogen and oxygen atoms in total. The van der Waals surface area contributed by atoms with Crippen molar-refractivity contribution in [3.05, 3.63) is 35.7 Å². The Kier molecular flexibility index (Phi) is 6.40. The van der Waals surface area contributed by atoms with Crippen molar-refractivity contribution in [2.24, 2.45) is 11.8 Å². The lowest BCUT2D eigenvalue weighted by Gasteiger charge is -2.42. The largest absolute Gasteiger partial charge is 0.337 e. The van der Waals surface area contributed by atoms with E-state index in [-0.39, 0.29) is 29.8 Å². The summed E-state index contributed by atoms with van der Waals surface area (Å²) in [6.07, 6.45) is 3.06. The molecule has 5 rings (SSSR count). The second-order valence-corrected chi connectivity index (χ2v) is 10.6. The van der Waals surface area contributed by atoms with Gasteiger partial charge in [0.05, 0.1) is 12.7 Å². The van der Waals surface area contributed by atoms with Gasteiger partial charge >= 0.3 is 6.03 Å². The topological polar surface area (TPSA) is 94.8 Å². The molecular formula is C26H36N6O3. The maximum atomic E-state index is 13.5. The van der Waals surface area contributed by atoms with Crippen molar-refractivity contribution in [3.63, 3.8) is 0 Å². The van der Waals surface area contributed by atoms with E-state index >= 15 is 0 Å². The van der Waals surface area contributed by atoms with Gasteiger partial charge in [-0.15, -0.1) is 0 Å². The van der Waals surface area contributed by atoms with Crippen LogP contribution in [-0.4, -0.2) is 75.2 Å². The molecule has 1 aromatic carbocycles. The summed E-state index contributed by atoms with van der Waals surface area (Å²) in [4.78, 5) is 36.9. The number of nitrogens with one attached hydrogen (secondary N) is 1. The minimum absolute atomic E-state index is 0.00669. The molecule has 0 bridgehead atoms. The smallest absolute Gasteiger partial charge is 0.326 e. The minimum atomic E-state index is -0.737. The number of hydrogen-bond acceptors (Lipinski definition) is 7. The van der Waals surface area contributed by atoms with Crippen molar-refractivity contribution in [1.29, 1.82) is 0 Å². The van der Waals surface area contributed by atoms with Gasteiger partial charge in [0.2, 0.25) is 11.7 Å². The number of imide groups is 1. The average molecular weight is 481 g/mol. The number of aryl methyl sites for hydroxylation is 1. The summed E-state index contributed by atoms with van der Waals surface area (Å²) in [7, 11) is 0. The molecular weight excluding hydrogens is 444 g/mol. The van der Waals surface area contributed by atoms with E-state index in [0.29, 0.717) is 18.4 Å². The number of benzene rings is 1. The van der Waals surface area contributed by atoms with Crippen LogP contribution < -0.4 is 5.32 Å². The third-order valence-electron chi connectivity index (χ3n) is 8.39. The zero-order valence-corrected chi connectivity index (χ0v) is 21.2. The average Bonchev–Trinajstić information content (AvgIpc) is 3.43. The van der Waals surface area contributed by atoms with Crippen LogP contribution in [0.2, 0.25) is 0 Å². The predicted octanol–water partition coefficient (Wildman–Crippen LogP) is 3.43. The molecule has 1 N–H and O–H groups in total. The Morgan fingerprint density at radius 1 is 1.09 bits per heavy atom. The van der Waals surface area contributed by atoms with E-state index in [2.05, 4.69) is 46.0 Å². The Hall–Kier alpha value is -2.78. The van der Waals surface area contributed by atoms with Crippen LogP contribution in [0.1, 0.15) is 57.5 Å². The molecule has 1 saturated carbocycles. The summed E-state index contributed by atoms with van der Waals surface area (Å²) in [6, 6.07) is 7.83. The van der Waals surface area contributed by atoms with Crippen LogP contribution in [0.5, 0.6) is 0 Å². The number of carbonyl (C=O) groups excluding carboxylic acids is 2. The van der Waals surface area contributed by atoms with Crippen molar-refractivity contribution in [3.8, 4) is 11.4 Å². The number of aromatic nitrogens is 2. The van der Waals surface area contributed by atoms with Gasteiger partial charge in [0.25, 0.3) is 5.91 Å². The van der Waals surface area contributed by atoms with E-state index in [1.165, 1.54) is 10.5 Å². The lowest BCUT2D eigenvalue weighted by molar-refractivity contribution is -0.138. The fraction of sp³-hybridized carbons (Fsp3) is 0.615. The van der Waals surface area contributed by atoms with E-state index in [1.54, 1.807) is 0 Å². The molecule has 3 atom stereocenters. The lowest BCUT2D eigenvalue weighted by atomic mass is 9.67. The predicted molar refractivity (Wildman–Crippen MR) is 131 cm³/mol. The maximum Gasteiger partial charge on any atom is 0.326 e. The molecule has 2 saturated heterocycles. The number of nitrogens with zero attached hydrogens (tertiary/aromatic N) is 5. The highest BCUT2D eigenvalue weighted by Gasteiger charge is 2.58. The van der Waals surface area contributed by atoms with Crippen molar-refractivity contribution in [1.82, 2.24) is 30.2 Å². The second-order valence-electron chi connectivity index (χ2n) is 10.6. The summed E-state index contributed by atoms with van der Waals surface area (Å²) in [5, 5.41) is 7.27. The summed E-state index contributed by atoms with van der Waals surface area (Å²) < 4.78 is 5.59. The molecule has 3 unspecified atom stereocenters. The van der Waals surface area contributed by atoms with Crippen molar-refractivity contribution < 1.29 is 14.1 Å². The van der Waals surface area contributed by atoms with Gasteiger partial charge in [-0.2, -0.15) is 4.98 Å². The highest BCUT2D eigenvalue weighted by atomic mass is 16.5. The zero-order valence-electron chi connectivity index (χ0n) is 21.2. The number of rotatable bonds is 5. The highest BCUT2D eigenvalue weighted by Crippen LogP contribution is 2.42. The Morgan fingerprint density at radius 2 is 1.74 bits per heavy atom. The first-order chi connectivity index (χ1) is 16.8. The SMILES string of the molecule is Cc1ccc(-c2noc(C(C)N3CCN(CN4C(=O)NC5(C4=O)C(C)CCCC5C)CC3)n2)cc1. The van der Waals surface area contributed by atoms with Crippen molar-refractivity contribution in [2.45, 2.75) is 58.5 Å². The van der Waals surface area contributed by atoms with E-state index in [4.69, 9.17) is 4.52 Å². The number of piperazine rings is 1. The standard InChI is InChI=1S/C26H36N6O3/c1-17-8-10-21(11-9-17)22-27-23(35-29-22)20(4)31-14-12-30(13-15-31)16-32-24(33)26(28-25(32)34)18(2)6-5-7-19(26)3/h8-11,18-20H,5-7,12-16H2,1-4H3,(H,28,34). The van der Waals surface area contributed by atoms with Gasteiger partial charge in [-0.25, -0.2) is 9.69 Å². The van der Waals surface area contributed by atoms with Crippen molar-refractivity contribution >= 4 is 11.9 Å². The van der Waals surface area contributed by atoms with E-state index in [1.807, 2.05) is 31.2 Å². The van der Waals surface area contributed by atoms with Gasteiger partial charge in [0.1, 0.15) is 5.54 Å². The third kappa shape index (κ3) is 4.25. The number of carbonyl (C=O) groups is 2. The van der Waals surface area contributed by atoms with Gasteiger partial charge in [-0.05, 0) is 38.5 Å². The summed E-state index contributed by atoms with van der Waals surface area (Å²) in [5.74, 6) is 1.47. The second kappa shape index (κ2) is 9.35. The molecule has 2 aliphatic heterocycles. The highest BCUT2D eigenvalue weighted by molar-refractivity contribution is 6.07. The summed E-state index contributed by atoms with van der Waals surface area (Å²) in [6.45, 7) is 11.8. The van der Waals surface area contributed by atoms with Crippen LogP contribution in [0.3, 0.4) is 0 Å². The minimum Gasteiger partial charge on any atom is -0.337 e. The summed E-state index contributed by atoms with van der Waals surface area (Å²) >= 11 is 0. The molecule has 3 heterocycles. The fourth-order valence-corrected chi connectivity index (χ4v) is 5.95. The number of amides is 3. The molecule has 0 radical (unpaired) electrons. The molecule has 3 aliphatic rings. The zero-order chi connectivity index (χ0) is 24.7. The molecule has 35 heavy (non-hydrogen) atoms. The maximum absolute atomic E-state index is 13.5. The Morgan fingerprint density at radius 3 is 2.40 bits per heavy atom. The first-order valence-corrected chi connectivity index (χ1v) is 12.8. The number of hydrogen-bond donors (Lipinski definition) is 1. The van der Waals surface area contributed by atoms with E-state index < -0.39 is 5.54 Å². The first kappa shape index (κ1) is 23.9. The quantitative estimate of drug-likeness (QED) is 0.655. The van der Waals surface area contributed by atoms with Crippen LogP contribution in [0.15, 0.2) is 28.8 Å². The summed E-state index contributed by atoms with van der Waals surface area (Å²) in [5.41, 5.74) is 1.39. The van der Waals surface area contributed by atoms with Crippen LogP contribution >= 0.6 is 0 Å². The van der Waals surface area contributed by atoms with E-state index in [0.717, 1.165) is 51.0 Å². The number of urea groups is 1. The molecule has 2 aromatic rings. The molecule has 9 heteroatoms. The van der Waals surface area contributed by atoms with Crippen LogP contribution in [-0.2, 0) is 4.79 Å². The van der Waals surface area contributed by atoms with Crippen molar-refractivity contribution in [2.75, 3.05) is 32.8 Å². The van der Waals surface area contributed by atoms with Gasteiger partial charge < -0.3 is 9.84 Å². The molecule has 188 valence electrons. The van der Waals surface area contributed by atoms with Crippen LogP contribution in [0.4, 0.5) is 4.79 Å². The fourth-order valence-electron chi connectivity index (χ4n) is 5.95. The molecule has 1 aromatic heterocycles. The van der Waals surface area contributed by atoms with Crippen LogP contribution in [0, 0.1) is 18.8 Å². The van der Waals surface area contributed by atoms with Gasteiger partial charge in [0, 0.05) is 31.7 Å². The monoisotopic (exact) mass is 480 g/mol. The Balaban J connectivity index is 1.18. The molecule has 1 spiro atoms. The van der Waals surface area contributed by atoms with Gasteiger partial charge in [-0.1, -0.05) is 55.3 Å². The third-order valence-corrected chi connectivity index (χ3v) is 8.39. The lowest BCUT2D eigenvalue weighted by Crippen LogP contribution is -2.59. The van der Waals surface area contributed by atoms with Gasteiger partial charge in [-0.3, -0.25) is 14.6 Å². The molecule has 3 amide bonds. The van der Waals surface area contributed by atoms with Gasteiger partial charge in [0.15, 0.2) is 0 Å².